The Bertz CT molecular complexity index is 937. The molecule has 0 aliphatic carbocycles. The first-order valence-corrected chi connectivity index (χ1v) is 9.59. The van der Waals surface area contributed by atoms with E-state index in [2.05, 4.69) is 14.8 Å². The van der Waals surface area contributed by atoms with Gasteiger partial charge >= 0.3 is 5.97 Å². The summed E-state index contributed by atoms with van der Waals surface area (Å²) in [5, 5.41) is 3.28. The van der Waals surface area contributed by atoms with Crippen molar-refractivity contribution >= 4 is 28.4 Å². The second kappa shape index (κ2) is 8.79. The average Bonchev–Trinajstić information content (AvgIpc) is 2.65. The van der Waals surface area contributed by atoms with Gasteiger partial charge in [0.05, 0.1) is 17.6 Å². The van der Waals surface area contributed by atoms with E-state index in [0.717, 1.165) is 43.8 Å². The Labute approximate surface area is 163 Å². The fraction of sp³-hybridized carbons (Fsp3) is 0.278. The van der Waals surface area contributed by atoms with E-state index in [4.69, 9.17) is 0 Å². The molecule has 6 nitrogen and oxygen atoms in total. The number of sulfonamides is 1. The summed E-state index contributed by atoms with van der Waals surface area (Å²) in [4.78, 5) is 11.5. The molecule has 1 heterocycles. The summed E-state index contributed by atoms with van der Waals surface area (Å²) in [7, 11) is -2.91. The van der Waals surface area contributed by atoms with Gasteiger partial charge < -0.3 is 10.1 Å². The fourth-order valence-electron chi connectivity index (χ4n) is 3.05. The highest BCUT2D eigenvalue weighted by Crippen LogP contribution is 2.23. The minimum absolute atomic E-state index is 0. The predicted molar refractivity (Wildman–Crippen MR) is 101 cm³/mol. The third kappa shape index (κ3) is 4.65. The van der Waals surface area contributed by atoms with E-state index in [-0.39, 0.29) is 35.5 Å². The molecular formula is C18H20ClFN2O4S. The first kappa shape index (κ1) is 21.3. The highest BCUT2D eigenvalue weighted by atomic mass is 35.5. The van der Waals surface area contributed by atoms with E-state index in [9.17, 15) is 17.6 Å². The summed E-state index contributed by atoms with van der Waals surface area (Å²) in [5.41, 5.74) is 1.87. The molecule has 3 rings (SSSR count). The Balaban J connectivity index is 0.00000261. The van der Waals surface area contributed by atoms with Crippen LogP contribution in [-0.4, -0.2) is 34.6 Å². The van der Waals surface area contributed by atoms with Gasteiger partial charge in [-0.05, 0) is 42.3 Å². The molecule has 9 heteroatoms. The molecule has 0 bridgehead atoms. The lowest BCUT2D eigenvalue weighted by atomic mass is 9.95. The third-order valence-corrected chi connectivity index (χ3v) is 5.81. The zero-order valence-electron chi connectivity index (χ0n) is 14.6. The Hall–Kier alpha value is -2.00. The number of halogens is 2. The van der Waals surface area contributed by atoms with E-state index in [1.54, 1.807) is 0 Å². The number of ether oxygens (including phenoxy) is 1. The SMILES string of the molecule is COC(=O)c1cc(F)ccc1S(=O)(=O)NCC1NCCc2ccccc21.Cl. The second-order valence-corrected chi connectivity index (χ2v) is 7.67. The number of carbonyl (C=O) groups excluding carboxylic acids is 1. The number of esters is 1. The van der Waals surface area contributed by atoms with E-state index in [1.807, 2.05) is 24.3 Å². The van der Waals surface area contributed by atoms with Gasteiger partial charge in [0.25, 0.3) is 0 Å². The lowest BCUT2D eigenvalue weighted by Gasteiger charge is -2.27. The van der Waals surface area contributed by atoms with Crippen molar-refractivity contribution in [1.29, 1.82) is 0 Å². The molecule has 0 spiro atoms. The topological polar surface area (TPSA) is 84.5 Å². The first-order valence-electron chi connectivity index (χ1n) is 8.11. The largest absolute Gasteiger partial charge is 0.465 e. The van der Waals surface area contributed by atoms with Gasteiger partial charge in [-0.1, -0.05) is 24.3 Å². The van der Waals surface area contributed by atoms with Crippen LogP contribution in [0, 0.1) is 5.82 Å². The summed E-state index contributed by atoms with van der Waals surface area (Å²) in [5.74, 6) is -1.63. The molecule has 2 N–H and O–H groups in total. The third-order valence-electron chi connectivity index (χ3n) is 4.33. The maximum atomic E-state index is 13.4. The number of hydrogen-bond donors (Lipinski definition) is 2. The number of rotatable bonds is 5. The Morgan fingerprint density at radius 1 is 1.30 bits per heavy atom. The van der Waals surface area contributed by atoms with Crippen LogP contribution in [-0.2, 0) is 21.2 Å². The number of benzene rings is 2. The number of methoxy groups -OCH3 is 1. The van der Waals surface area contributed by atoms with Crippen molar-refractivity contribution < 1.29 is 22.3 Å². The molecule has 0 fully saturated rings. The lowest BCUT2D eigenvalue weighted by molar-refractivity contribution is 0.0595. The molecule has 27 heavy (non-hydrogen) atoms. The maximum Gasteiger partial charge on any atom is 0.339 e. The minimum atomic E-state index is -4.02. The minimum Gasteiger partial charge on any atom is -0.465 e. The Morgan fingerprint density at radius 3 is 2.78 bits per heavy atom. The van der Waals surface area contributed by atoms with Crippen LogP contribution in [0.1, 0.15) is 27.5 Å². The molecule has 1 unspecified atom stereocenters. The van der Waals surface area contributed by atoms with Crippen LogP contribution in [0.25, 0.3) is 0 Å². The monoisotopic (exact) mass is 414 g/mol. The average molecular weight is 415 g/mol. The van der Waals surface area contributed by atoms with Crippen LogP contribution >= 0.6 is 12.4 Å². The molecule has 2 aromatic rings. The molecule has 0 radical (unpaired) electrons. The fourth-order valence-corrected chi connectivity index (χ4v) is 4.27. The molecule has 146 valence electrons. The summed E-state index contributed by atoms with van der Waals surface area (Å²) in [6, 6.07) is 10.6. The zero-order valence-corrected chi connectivity index (χ0v) is 16.2. The highest BCUT2D eigenvalue weighted by molar-refractivity contribution is 7.89. The van der Waals surface area contributed by atoms with E-state index < -0.39 is 21.8 Å². The second-order valence-electron chi connectivity index (χ2n) is 5.94. The van der Waals surface area contributed by atoms with E-state index in [1.165, 1.54) is 5.56 Å². The number of carbonyl (C=O) groups is 1. The molecule has 0 saturated carbocycles. The molecule has 0 aromatic heterocycles. The van der Waals surface area contributed by atoms with Crippen LogP contribution in [0.2, 0.25) is 0 Å². The Morgan fingerprint density at radius 2 is 2.04 bits per heavy atom. The van der Waals surface area contributed by atoms with Gasteiger partial charge in [0.1, 0.15) is 5.82 Å². The van der Waals surface area contributed by atoms with Gasteiger partial charge in [-0.25, -0.2) is 22.3 Å². The van der Waals surface area contributed by atoms with Crippen molar-refractivity contribution in [2.45, 2.75) is 17.4 Å². The molecule has 1 atom stereocenters. The predicted octanol–water partition coefficient (Wildman–Crippen LogP) is 2.20. The Kier molecular flexibility index (Phi) is 6.94. The van der Waals surface area contributed by atoms with Gasteiger partial charge in [-0.2, -0.15) is 0 Å². The van der Waals surface area contributed by atoms with Crippen LogP contribution in [0.15, 0.2) is 47.4 Å². The van der Waals surface area contributed by atoms with Gasteiger partial charge in [-0.3, -0.25) is 0 Å². The quantitative estimate of drug-likeness (QED) is 0.733. The summed E-state index contributed by atoms with van der Waals surface area (Å²) in [6.45, 7) is 0.852. The maximum absolute atomic E-state index is 13.4. The molecule has 2 aromatic carbocycles. The first-order chi connectivity index (χ1) is 12.4. The molecule has 1 aliphatic heterocycles. The summed E-state index contributed by atoms with van der Waals surface area (Å²) < 4.78 is 45.8. The van der Waals surface area contributed by atoms with Crippen LogP contribution in [0.5, 0.6) is 0 Å². The van der Waals surface area contributed by atoms with Crippen molar-refractivity contribution in [3.8, 4) is 0 Å². The highest BCUT2D eigenvalue weighted by Gasteiger charge is 2.26. The van der Waals surface area contributed by atoms with Crippen LogP contribution in [0.4, 0.5) is 4.39 Å². The standard InChI is InChI=1S/C18H19FN2O4S.ClH/c1-25-18(22)15-10-13(19)6-7-17(15)26(23,24)21-11-16-14-5-3-2-4-12(14)8-9-20-16;/h2-7,10,16,20-21H,8-9,11H2,1H3;1H. The zero-order chi connectivity index (χ0) is 18.7. The van der Waals surface area contributed by atoms with E-state index >= 15 is 0 Å². The smallest absolute Gasteiger partial charge is 0.339 e. The number of hydrogen-bond acceptors (Lipinski definition) is 5. The van der Waals surface area contributed by atoms with Crippen molar-refractivity contribution in [1.82, 2.24) is 10.0 Å². The van der Waals surface area contributed by atoms with Gasteiger partial charge in [0, 0.05) is 12.6 Å². The number of fused-ring (bicyclic) bond motifs is 1. The van der Waals surface area contributed by atoms with Crippen LogP contribution < -0.4 is 10.0 Å². The lowest BCUT2D eigenvalue weighted by Crippen LogP contribution is -2.39. The van der Waals surface area contributed by atoms with Crippen molar-refractivity contribution in [3.63, 3.8) is 0 Å². The van der Waals surface area contributed by atoms with Crippen molar-refractivity contribution in [2.75, 3.05) is 20.2 Å². The van der Waals surface area contributed by atoms with Crippen molar-refractivity contribution in [2.24, 2.45) is 0 Å². The van der Waals surface area contributed by atoms with E-state index in [0.29, 0.717) is 0 Å². The van der Waals surface area contributed by atoms with Crippen molar-refractivity contribution in [3.05, 3.63) is 65.0 Å². The normalized spacial score (nSPS) is 16.1. The molecule has 1 aliphatic rings. The summed E-state index contributed by atoms with van der Waals surface area (Å²) >= 11 is 0. The molecule has 0 saturated heterocycles. The van der Waals surface area contributed by atoms with Gasteiger partial charge in [-0.15, -0.1) is 12.4 Å². The van der Waals surface area contributed by atoms with Gasteiger partial charge in [0.15, 0.2) is 0 Å². The molecular weight excluding hydrogens is 395 g/mol. The van der Waals surface area contributed by atoms with Gasteiger partial charge in [0.2, 0.25) is 10.0 Å². The van der Waals surface area contributed by atoms with Crippen LogP contribution in [0.3, 0.4) is 0 Å². The summed E-state index contributed by atoms with van der Waals surface area (Å²) in [6.07, 6.45) is 0.879. The number of nitrogens with one attached hydrogen (secondary N) is 2. The molecule has 0 amide bonds.